The third kappa shape index (κ3) is 3.34. The Morgan fingerprint density at radius 1 is 1.10 bits per heavy atom. The van der Waals surface area contributed by atoms with E-state index in [2.05, 4.69) is 13.8 Å². The summed E-state index contributed by atoms with van der Waals surface area (Å²) >= 11 is 0. The highest BCUT2D eigenvalue weighted by molar-refractivity contribution is 7.86. The van der Waals surface area contributed by atoms with Crippen molar-refractivity contribution in [1.29, 1.82) is 0 Å². The molecule has 154 valence electrons. The van der Waals surface area contributed by atoms with E-state index in [9.17, 15) is 13.2 Å². The number of allylic oxidation sites excluding steroid dienone is 6. The van der Waals surface area contributed by atoms with Crippen LogP contribution >= 0.6 is 0 Å². The van der Waals surface area contributed by atoms with Crippen LogP contribution in [0.3, 0.4) is 0 Å². The summed E-state index contributed by atoms with van der Waals surface area (Å²) in [5.74, 6) is 0.322. The zero-order valence-corrected chi connectivity index (χ0v) is 18.4. The number of hydrogen-bond donors (Lipinski definition) is 0. The van der Waals surface area contributed by atoms with Gasteiger partial charge in [0.25, 0.3) is 10.1 Å². The number of rotatable bonds is 6. The first-order chi connectivity index (χ1) is 13.7. The Labute approximate surface area is 173 Å². The van der Waals surface area contributed by atoms with Gasteiger partial charge in [0.05, 0.1) is 11.5 Å². The van der Waals surface area contributed by atoms with Crippen molar-refractivity contribution in [2.24, 2.45) is 11.3 Å². The summed E-state index contributed by atoms with van der Waals surface area (Å²) < 4.78 is 30.0. The van der Waals surface area contributed by atoms with E-state index in [1.54, 1.807) is 24.3 Å². The molecule has 0 N–H and O–H groups in total. The van der Waals surface area contributed by atoms with E-state index < -0.39 is 10.1 Å². The Bertz CT molecular complexity index is 1060. The van der Waals surface area contributed by atoms with Crippen molar-refractivity contribution in [3.05, 3.63) is 63.8 Å². The zero-order valence-electron chi connectivity index (χ0n) is 17.5. The van der Waals surface area contributed by atoms with Crippen LogP contribution in [-0.4, -0.2) is 20.8 Å². The van der Waals surface area contributed by atoms with Crippen LogP contribution in [0.15, 0.2) is 63.1 Å². The molecule has 4 nitrogen and oxygen atoms in total. The topological polar surface area (TPSA) is 60.4 Å². The SMILES string of the molecule is CC1=C(CCCOS(=O)(=O)c2ccc(C)cc2)C2=C(C)C3(CC3)[C@H](C)C(=O)C2=C1. The van der Waals surface area contributed by atoms with Crippen LogP contribution in [0, 0.1) is 18.3 Å². The van der Waals surface area contributed by atoms with Crippen molar-refractivity contribution in [2.45, 2.75) is 58.3 Å². The Balaban J connectivity index is 1.44. The van der Waals surface area contributed by atoms with E-state index in [0.29, 0.717) is 12.8 Å². The van der Waals surface area contributed by atoms with Gasteiger partial charge in [-0.05, 0) is 81.4 Å². The lowest BCUT2D eigenvalue weighted by Gasteiger charge is -2.32. The molecule has 0 bridgehead atoms. The smallest absolute Gasteiger partial charge is 0.294 e. The van der Waals surface area contributed by atoms with Crippen LogP contribution in [0.5, 0.6) is 0 Å². The number of ketones is 1. The van der Waals surface area contributed by atoms with Crippen molar-refractivity contribution in [3.63, 3.8) is 0 Å². The standard InChI is InChI=1S/C24H28O4S/c1-15-7-9-19(10-8-15)29(26,27)28-13-5-6-20-16(2)14-21-22(20)17(3)24(11-12-24)18(4)23(21)25/h7-10,14,18H,5-6,11-13H2,1-4H3/t18-/m1/s1. The Morgan fingerprint density at radius 2 is 1.76 bits per heavy atom. The molecule has 5 heteroatoms. The lowest BCUT2D eigenvalue weighted by atomic mass is 9.70. The van der Waals surface area contributed by atoms with Crippen LogP contribution < -0.4 is 0 Å². The van der Waals surface area contributed by atoms with Gasteiger partial charge in [-0.2, -0.15) is 8.42 Å². The van der Waals surface area contributed by atoms with Gasteiger partial charge in [-0.3, -0.25) is 8.98 Å². The first-order valence-electron chi connectivity index (χ1n) is 10.3. The highest BCUT2D eigenvalue weighted by atomic mass is 32.2. The van der Waals surface area contributed by atoms with E-state index >= 15 is 0 Å². The predicted molar refractivity (Wildman–Crippen MR) is 113 cm³/mol. The number of hydrogen-bond acceptors (Lipinski definition) is 4. The molecule has 0 heterocycles. The summed E-state index contributed by atoms with van der Waals surface area (Å²) in [6, 6.07) is 6.67. The second kappa shape index (κ2) is 7.06. The number of benzene rings is 1. The molecule has 3 aliphatic rings. The van der Waals surface area contributed by atoms with Crippen LogP contribution in [0.25, 0.3) is 0 Å². The number of aryl methyl sites for hydroxylation is 1. The van der Waals surface area contributed by atoms with Gasteiger partial charge in [-0.25, -0.2) is 0 Å². The summed E-state index contributed by atoms with van der Waals surface area (Å²) in [4.78, 5) is 13.1. The van der Waals surface area contributed by atoms with Gasteiger partial charge in [0.15, 0.2) is 5.78 Å². The maximum atomic E-state index is 12.9. The summed E-state index contributed by atoms with van der Waals surface area (Å²) in [5.41, 5.74) is 6.69. The van der Waals surface area contributed by atoms with E-state index in [4.69, 9.17) is 4.18 Å². The lowest BCUT2D eigenvalue weighted by molar-refractivity contribution is -0.120. The van der Waals surface area contributed by atoms with Crippen LogP contribution in [0.4, 0.5) is 0 Å². The average molecular weight is 413 g/mol. The van der Waals surface area contributed by atoms with E-state index in [1.807, 2.05) is 19.9 Å². The number of Topliss-reactive ketones (excluding diaryl/α,β-unsaturated/α-hetero) is 1. The highest BCUT2D eigenvalue weighted by Crippen LogP contribution is 2.63. The van der Waals surface area contributed by atoms with E-state index in [1.165, 1.54) is 11.1 Å². The first-order valence-corrected chi connectivity index (χ1v) is 11.7. The fourth-order valence-electron chi connectivity index (χ4n) is 4.87. The quantitative estimate of drug-likeness (QED) is 0.484. The first kappa shape index (κ1) is 20.3. The molecule has 0 aromatic heterocycles. The molecule has 1 saturated carbocycles. The lowest BCUT2D eigenvalue weighted by Crippen LogP contribution is -2.31. The van der Waals surface area contributed by atoms with Gasteiger partial charge >= 0.3 is 0 Å². The van der Waals surface area contributed by atoms with Gasteiger partial charge in [0, 0.05) is 16.9 Å². The summed E-state index contributed by atoms with van der Waals surface area (Å²) in [6.07, 6.45) is 5.50. The van der Waals surface area contributed by atoms with E-state index in [-0.39, 0.29) is 28.6 Å². The maximum Gasteiger partial charge on any atom is 0.296 e. The zero-order chi connectivity index (χ0) is 21.0. The van der Waals surface area contributed by atoms with Crippen molar-refractivity contribution in [3.8, 4) is 0 Å². The van der Waals surface area contributed by atoms with Gasteiger partial charge in [0.1, 0.15) is 0 Å². The monoisotopic (exact) mass is 412 g/mol. The Kier molecular flexibility index (Phi) is 4.94. The summed E-state index contributed by atoms with van der Waals surface area (Å²) in [7, 11) is -3.74. The molecule has 3 aliphatic carbocycles. The van der Waals surface area contributed by atoms with Gasteiger partial charge in [-0.15, -0.1) is 0 Å². The molecular weight excluding hydrogens is 384 g/mol. The van der Waals surface area contributed by atoms with Crippen molar-refractivity contribution >= 4 is 15.9 Å². The fraction of sp³-hybridized carbons (Fsp3) is 0.458. The largest absolute Gasteiger partial charge is 0.296 e. The number of carbonyl (C=O) groups is 1. The van der Waals surface area contributed by atoms with E-state index in [0.717, 1.165) is 35.1 Å². The molecule has 1 aromatic rings. The Hall–Kier alpha value is -1.98. The average Bonchev–Trinajstić information content (AvgIpc) is 3.42. The predicted octanol–water partition coefficient (Wildman–Crippen LogP) is 5.05. The van der Waals surface area contributed by atoms with Crippen molar-refractivity contribution < 1.29 is 17.4 Å². The van der Waals surface area contributed by atoms with Crippen LogP contribution in [0.2, 0.25) is 0 Å². The minimum atomic E-state index is -3.74. The Morgan fingerprint density at radius 3 is 2.38 bits per heavy atom. The van der Waals surface area contributed by atoms with Crippen LogP contribution in [0.1, 0.15) is 52.0 Å². The second-order valence-corrected chi connectivity index (χ2v) is 10.3. The third-order valence-electron chi connectivity index (χ3n) is 6.93. The molecule has 1 atom stereocenters. The minimum Gasteiger partial charge on any atom is -0.294 e. The fourth-order valence-corrected chi connectivity index (χ4v) is 5.81. The summed E-state index contributed by atoms with van der Waals surface area (Å²) in [5, 5.41) is 0. The molecule has 1 fully saturated rings. The molecular formula is C24H28O4S. The van der Waals surface area contributed by atoms with Gasteiger partial charge < -0.3 is 0 Å². The normalized spacial score (nSPS) is 23.0. The third-order valence-corrected chi connectivity index (χ3v) is 8.25. The van der Waals surface area contributed by atoms with Gasteiger partial charge in [0.2, 0.25) is 0 Å². The number of carbonyl (C=O) groups excluding carboxylic acids is 1. The summed E-state index contributed by atoms with van der Waals surface area (Å²) in [6.45, 7) is 8.33. The van der Waals surface area contributed by atoms with Crippen LogP contribution in [-0.2, 0) is 19.1 Å². The molecule has 4 rings (SSSR count). The molecule has 29 heavy (non-hydrogen) atoms. The highest BCUT2D eigenvalue weighted by Gasteiger charge is 2.56. The minimum absolute atomic E-state index is 0.0604. The second-order valence-electron chi connectivity index (χ2n) is 8.65. The molecule has 0 aliphatic heterocycles. The number of fused-ring (bicyclic) bond motifs is 1. The molecule has 1 aromatic carbocycles. The van der Waals surface area contributed by atoms with Gasteiger partial charge in [-0.1, -0.05) is 30.2 Å². The van der Waals surface area contributed by atoms with Crippen molar-refractivity contribution in [2.75, 3.05) is 6.61 Å². The molecule has 0 radical (unpaired) electrons. The molecule has 0 amide bonds. The maximum absolute atomic E-state index is 12.9. The molecule has 0 saturated heterocycles. The molecule has 1 spiro atoms. The molecule has 0 unspecified atom stereocenters. The van der Waals surface area contributed by atoms with Crippen molar-refractivity contribution in [1.82, 2.24) is 0 Å².